The van der Waals surface area contributed by atoms with E-state index in [2.05, 4.69) is 36.6 Å². The van der Waals surface area contributed by atoms with Gasteiger partial charge in [-0.05, 0) is 46.1 Å². The van der Waals surface area contributed by atoms with E-state index in [9.17, 15) is 8.42 Å². The van der Waals surface area contributed by atoms with Gasteiger partial charge in [0.1, 0.15) is 0 Å². The molecule has 0 amide bonds. The second-order valence-corrected chi connectivity index (χ2v) is 7.71. The standard InChI is InChI=1S/C14H13Br2NO2S/c15-12-6-7-13(16)14(10-12)20(18,19)17-9-8-11-4-2-1-3-5-11/h1-7,10,17H,8-9H2. The topological polar surface area (TPSA) is 46.2 Å². The van der Waals surface area contributed by atoms with Gasteiger partial charge in [-0.15, -0.1) is 0 Å². The third-order valence-corrected chi connectivity index (χ3v) is 5.68. The van der Waals surface area contributed by atoms with Crippen molar-refractivity contribution in [2.75, 3.05) is 6.54 Å². The summed E-state index contributed by atoms with van der Waals surface area (Å²) in [6.45, 7) is 0.366. The zero-order chi connectivity index (χ0) is 14.6. The van der Waals surface area contributed by atoms with Crippen LogP contribution in [-0.2, 0) is 16.4 Å². The van der Waals surface area contributed by atoms with Crippen LogP contribution in [0.15, 0.2) is 62.4 Å². The number of rotatable bonds is 5. The summed E-state index contributed by atoms with van der Waals surface area (Å²) in [5.74, 6) is 0. The molecular formula is C14H13Br2NO2S. The van der Waals surface area contributed by atoms with Crippen LogP contribution in [0.5, 0.6) is 0 Å². The van der Waals surface area contributed by atoms with Crippen molar-refractivity contribution in [2.45, 2.75) is 11.3 Å². The Hall–Kier alpha value is -0.690. The van der Waals surface area contributed by atoms with Crippen LogP contribution in [0.2, 0.25) is 0 Å². The van der Waals surface area contributed by atoms with Gasteiger partial charge in [0.05, 0.1) is 4.90 Å². The minimum Gasteiger partial charge on any atom is -0.211 e. The molecule has 2 aromatic rings. The van der Waals surface area contributed by atoms with Crippen LogP contribution in [0, 0.1) is 0 Å². The minimum atomic E-state index is -3.51. The largest absolute Gasteiger partial charge is 0.241 e. The summed E-state index contributed by atoms with van der Waals surface area (Å²) in [5.41, 5.74) is 1.10. The summed E-state index contributed by atoms with van der Waals surface area (Å²) < 4.78 is 28.4. The lowest BCUT2D eigenvalue weighted by molar-refractivity contribution is 0.581. The van der Waals surface area contributed by atoms with E-state index in [1.165, 1.54) is 0 Å². The molecule has 0 bridgehead atoms. The first kappa shape index (κ1) is 15.7. The molecule has 0 saturated carbocycles. The number of halogens is 2. The van der Waals surface area contributed by atoms with Crippen molar-refractivity contribution >= 4 is 41.9 Å². The van der Waals surface area contributed by atoms with Crippen molar-refractivity contribution in [2.24, 2.45) is 0 Å². The summed E-state index contributed by atoms with van der Waals surface area (Å²) in [7, 11) is -3.51. The molecule has 0 radical (unpaired) electrons. The van der Waals surface area contributed by atoms with Crippen molar-refractivity contribution in [1.82, 2.24) is 4.72 Å². The van der Waals surface area contributed by atoms with E-state index >= 15 is 0 Å². The molecule has 0 fully saturated rings. The lowest BCUT2D eigenvalue weighted by atomic mass is 10.2. The molecule has 2 rings (SSSR count). The highest BCUT2D eigenvalue weighted by Gasteiger charge is 2.17. The van der Waals surface area contributed by atoms with E-state index < -0.39 is 10.0 Å². The highest BCUT2D eigenvalue weighted by atomic mass is 79.9. The van der Waals surface area contributed by atoms with E-state index in [1.54, 1.807) is 18.2 Å². The maximum Gasteiger partial charge on any atom is 0.241 e. The van der Waals surface area contributed by atoms with Gasteiger partial charge in [-0.2, -0.15) is 0 Å². The minimum absolute atomic E-state index is 0.236. The highest BCUT2D eigenvalue weighted by Crippen LogP contribution is 2.25. The molecular weight excluding hydrogens is 406 g/mol. The van der Waals surface area contributed by atoms with E-state index in [1.807, 2.05) is 30.3 Å². The Morgan fingerprint density at radius 3 is 2.40 bits per heavy atom. The number of benzene rings is 2. The van der Waals surface area contributed by atoms with Crippen molar-refractivity contribution < 1.29 is 8.42 Å². The zero-order valence-electron chi connectivity index (χ0n) is 10.5. The van der Waals surface area contributed by atoms with Crippen LogP contribution < -0.4 is 4.72 Å². The van der Waals surface area contributed by atoms with Crippen molar-refractivity contribution in [3.8, 4) is 0 Å². The molecule has 0 spiro atoms. The van der Waals surface area contributed by atoms with E-state index in [0.717, 1.165) is 10.0 Å². The SMILES string of the molecule is O=S(=O)(NCCc1ccccc1)c1cc(Br)ccc1Br. The summed E-state index contributed by atoms with van der Waals surface area (Å²) in [6, 6.07) is 14.8. The van der Waals surface area contributed by atoms with Gasteiger partial charge in [-0.3, -0.25) is 0 Å². The molecule has 0 aliphatic heterocycles. The molecule has 0 aliphatic carbocycles. The number of hydrogen-bond donors (Lipinski definition) is 1. The average Bonchev–Trinajstić information content (AvgIpc) is 2.42. The Labute approximate surface area is 135 Å². The van der Waals surface area contributed by atoms with Gasteiger partial charge < -0.3 is 0 Å². The number of hydrogen-bond acceptors (Lipinski definition) is 2. The lowest BCUT2D eigenvalue weighted by Gasteiger charge is -2.09. The fraction of sp³-hybridized carbons (Fsp3) is 0.143. The molecule has 1 N–H and O–H groups in total. The zero-order valence-corrected chi connectivity index (χ0v) is 14.5. The predicted octanol–water partition coefficient (Wildman–Crippen LogP) is 3.73. The van der Waals surface area contributed by atoms with E-state index in [-0.39, 0.29) is 4.90 Å². The van der Waals surface area contributed by atoms with Gasteiger partial charge in [0.15, 0.2) is 0 Å². The summed E-state index contributed by atoms with van der Waals surface area (Å²) in [6.07, 6.45) is 0.658. The lowest BCUT2D eigenvalue weighted by Crippen LogP contribution is -2.26. The van der Waals surface area contributed by atoms with Crippen LogP contribution in [-0.4, -0.2) is 15.0 Å². The molecule has 0 heterocycles. The van der Waals surface area contributed by atoms with Gasteiger partial charge >= 0.3 is 0 Å². The Bertz CT molecular complexity index is 688. The Kier molecular flexibility index (Phi) is 5.37. The van der Waals surface area contributed by atoms with Crippen LogP contribution in [0.3, 0.4) is 0 Å². The fourth-order valence-electron chi connectivity index (χ4n) is 1.74. The summed E-state index contributed by atoms with van der Waals surface area (Å²) in [5, 5.41) is 0. The van der Waals surface area contributed by atoms with E-state index in [0.29, 0.717) is 17.4 Å². The Morgan fingerprint density at radius 1 is 1.00 bits per heavy atom. The molecule has 106 valence electrons. The van der Waals surface area contributed by atoms with Crippen LogP contribution in [0.25, 0.3) is 0 Å². The number of sulfonamides is 1. The second-order valence-electron chi connectivity index (χ2n) is 4.21. The van der Waals surface area contributed by atoms with E-state index in [4.69, 9.17) is 0 Å². The molecule has 0 atom stereocenters. The molecule has 6 heteroatoms. The molecule has 3 nitrogen and oxygen atoms in total. The Balaban J connectivity index is 2.06. The molecule has 2 aromatic carbocycles. The quantitative estimate of drug-likeness (QED) is 0.803. The third kappa shape index (κ3) is 4.15. The number of nitrogens with one attached hydrogen (secondary N) is 1. The van der Waals surface area contributed by atoms with Gasteiger partial charge in [0.25, 0.3) is 0 Å². The predicted molar refractivity (Wildman–Crippen MR) is 87.2 cm³/mol. The van der Waals surface area contributed by atoms with Gasteiger partial charge in [-0.25, -0.2) is 13.1 Å². The fourth-order valence-corrected chi connectivity index (χ4v) is 4.27. The Morgan fingerprint density at radius 2 is 1.70 bits per heavy atom. The van der Waals surface area contributed by atoms with Gasteiger partial charge in [0, 0.05) is 15.5 Å². The molecule has 0 saturated heterocycles. The average molecular weight is 419 g/mol. The smallest absolute Gasteiger partial charge is 0.211 e. The van der Waals surface area contributed by atoms with Gasteiger partial charge in [-0.1, -0.05) is 46.3 Å². The monoisotopic (exact) mass is 417 g/mol. The van der Waals surface area contributed by atoms with Crippen molar-refractivity contribution in [3.05, 3.63) is 63.0 Å². The molecule has 0 aliphatic rings. The second kappa shape index (κ2) is 6.85. The third-order valence-electron chi connectivity index (χ3n) is 2.73. The maximum atomic E-state index is 12.2. The van der Waals surface area contributed by atoms with Crippen molar-refractivity contribution in [1.29, 1.82) is 0 Å². The molecule has 0 aromatic heterocycles. The molecule has 20 heavy (non-hydrogen) atoms. The highest BCUT2D eigenvalue weighted by molar-refractivity contribution is 9.11. The van der Waals surface area contributed by atoms with Gasteiger partial charge in [0.2, 0.25) is 10.0 Å². The first-order valence-corrected chi connectivity index (χ1v) is 9.04. The first-order chi connectivity index (χ1) is 9.49. The summed E-state index contributed by atoms with van der Waals surface area (Å²) in [4.78, 5) is 0.236. The normalized spacial score (nSPS) is 11.5. The summed E-state index contributed by atoms with van der Waals surface area (Å²) >= 11 is 6.54. The maximum absolute atomic E-state index is 12.2. The molecule has 0 unspecified atom stereocenters. The first-order valence-electron chi connectivity index (χ1n) is 5.98. The van der Waals surface area contributed by atoms with Crippen LogP contribution in [0.4, 0.5) is 0 Å². The van der Waals surface area contributed by atoms with Crippen LogP contribution in [0.1, 0.15) is 5.56 Å². The van der Waals surface area contributed by atoms with Crippen LogP contribution >= 0.6 is 31.9 Å². The van der Waals surface area contributed by atoms with Crippen molar-refractivity contribution in [3.63, 3.8) is 0 Å².